The summed E-state index contributed by atoms with van der Waals surface area (Å²) < 4.78 is 10.6. The summed E-state index contributed by atoms with van der Waals surface area (Å²) in [5, 5.41) is 8.85. The Balaban J connectivity index is 0.000000397. The number of aliphatic hydroxyl groups excluding tert-OH is 1. The van der Waals surface area contributed by atoms with Crippen LogP contribution in [0.3, 0.4) is 0 Å². The van der Waals surface area contributed by atoms with E-state index in [9.17, 15) is 4.79 Å². The Morgan fingerprint density at radius 1 is 1.14 bits per heavy atom. The number of amides is 1. The molecule has 28 heavy (non-hydrogen) atoms. The molecule has 2 aromatic carbocycles. The van der Waals surface area contributed by atoms with Crippen molar-refractivity contribution in [2.24, 2.45) is 0 Å². The molecule has 1 aliphatic rings. The highest BCUT2D eigenvalue weighted by Crippen LogP contribution is 2.26. The fourth-order valence-electron chi connectivity index (χ4n) is 3.14. The highest BCUT2D eigenvalue weighted by Gasteiger charge is 2.30. The van der Waals surface area contributed by atoms with Crippen LogP contribution < -0.4 is 0 Å². The molecule has 0 saturated carbocycles. The Morgan fingerprint density at radius 2 is 1.75 bits per heavy atom. The van der Waals surface area contributed by atoms with Crippen molar-refractivity contribution in [3.8, 4) is 0 Å². The van der Waals surface area contributed by atoms with Crippen molar-refractivity contribution < 1.29 is 19.4 Å². The van der Waals surface area contributed by atoms with Crippen LogP contribution in [0.5, 0.6) is 0 Å². The molecule has 1 amide bonds. The molecule has 3 rings (SSSR count). The SMILES string of the molecule is COCc1ccc(C(C)N2CCC(CCCO)OC2=O)cc1.c1ccccc1. The number of carbonyl (C=O) groups excluding carboxylic acids is 1. The lowest BCUT2D eigenvalue weighted by Crippen LogP contribution is -2.43. The van der Waals surface area contributed by atoms with E-state index in [4.69, 9.17) is 14.6 Å². The molecule has 5 nitrogen and oxygen atoms in total. The quantitative estimate of drug-likeness (QED) is 0.759. The van der Waals surface area contributed by atoms with Gasteiger partial charge in [0.15, 0.2) is 0 Å². The van der Waals surface area contributed by atoms with Crippen molar-refractivity contribution in [1.82, 2.24) is 4.90 Å². The molecule has 1 saturated heterocycles. The highest BCUT2D eigenvalue weighted by atomic mass is 16.6. The summed E-state index contributed by atoms with van der Waals surface area (Å²) in [4.78, 5) is 13.9. The first-order valence-corrected chi connectivity index (χ1v) is 9.81. The van der Waals surface area contributed by atoms with E-state index in [1.54, 1.807) is 12.0 Å². The Hall–Kier alpha value is -2.37. The van der Waals surface area contributed by atoms with Gasteiger partial charge in [-0.1, -0.05) is 60.7 Å². The van der Waals surface area contributed by atoms with E-state index in [1.165, 1.54) is 0 Å². The molecule has 2 aromatic rings. The third kappa shape index (κ3) is 6.98. The van der Waals surface area contributed by atoms with Crippen LogP contribution in [0.4, 0.5) is 4.79 Å². The zero-order chi connectivity index (χ0) is 20.2. The van der Waals surface area contributed by atoms with Crippen LogP contribution in [0.2, 0.25) is 0 Å². The molecule has 1 N–H and O–H groups in total. The maximum absolute atomic E-state index is 12.2. The molecule has 2 unspecified atom stereocenters. The number of benzene rings is 2. The maximum Gasteiger partial charge on any atom is 0.410 e. The van der Waals surface area contributed by atoms with Gasteiger partial charge in [0.05, 0.1) is 12.6 Å². The van der Waals surface area contributed by atoms with Crippen LogP contribution in [-0.4, -0.2) is 42.5 Å². The summed E-state index contributed by atoms with van der Waals surface area (Å²) in [6.45, 7) is 3.44. The van der Waals surface area contributed by atoms with Gasteiger partial charge in [-0.05, 0) is 30.9 Å². The van der Waals surface area contributed by atoms with Crippen molar-refractivity contribution in [3.63, 3.8) is 0 Å². The first-order valence-electron chi connectivity index (χ1n) is 9.81. The fourth-order valence-corrected chi connectivity index (χ4v) is 3.14. The zero-order valence-electron chi connectivity index (χ0n) is 16.8. The van der Waals surface area contributed by atoms with E-state index >= 15 is 0 Å². The number of aliphatic hydroxyl groups is 1. The largest absolute Gasteiger partial charge is 0.446 e. The second-order valence-corrected chi connectivity index (χ2v) is 6.86. The number of ether oxygens (including phenoxy) is 2. The lowest BCUT2D eigenvalue weighted by molar-refractivity contribution is 0.00759. The molecular formula is C23H31NO4. The lowest BCUT2D eigenvalue weighted by atomic mass is 10.0. The minimum absolute atomic E-state index is 0.0112. The van der Waals surface area contributed by atoms with Crippen LogP contribution in [-0.2, 0) is 16.1 Å². The molecule has 0 aromatic heterocycles. The lowest BCUT2D eigenvalue weighted by Gasteiger charge is -2.35. The monoisotopic (exact) mass is 385 g/mol. The van der Waals surface area contributed by atoms with Gasteiger partial charge in [0.1, 0.15) is 6.10 Å². The highest BCUT2D eigenvalue weighted by molar-refractivity contribution is 5.69. The van der Waals surface area contributed by atoms with E-state index in [1.807, 2.05) is 67.6 Å². The van der Waals surface area contributed by atoms with Gasteiger partial charge < -0.3 is 19.5 Å². The Labute approximate surface area is 167 Å². The first-order chi connectivity index (χ1) is 13.7. The summed E-state index contributed by atoms with van der Waals surface area (Å²) in [6.07, 6.45) is 1.90. The number of carbonyl (C=O) groups is 1. The Bertz CT molecular complexity index is 648. The van der Waals surface area contributed by atoms with E-state index in [2.05, 4.69) is 0 Å². The average molecular weight is 386 g/mol. The van der Waals surface area contributed by atoms with Crippen molar-refractivity contribution >= 4 is 6.09 Å². The van der Waals surface area contributed by atoms with Crippen LogP contribution >= 0.6 is 0 Å². The number of methoxy groups -OCH3 is 1. The van der Waals surface area contributed by atoms with Gasteiger partial charge in [-0.25, -0.2) is 4.79 Å². The summed E-state index contributed by atoms with van der Waals surface area (Å²) in [5.74, 6) is 0. The predicted molar refractivity (Wildman–Crippen MR) is 110 cm³/mol. The van der Waals surface area contributed by atoms with E-state index < -0.39 is 0 Å². The van der Waals surface area contributed by atoms with E-state index in [-0.39, 0.29) is 24.8 Å². The number of rotatable bonds is 7. The van der Waals surface area contributed by atoms with E-state index in [0.717, 1.165) is 24.0 Å². The smallest absolute Gasteiger partial charge is 0.410 e. The number of hydrogen-bond acceptors (Lipinski definition) is 4. The van der Waals surface area contributed by atoms with Crippen molar-refractivity contribution in [1.29, 1.82) is 0 Å². The van der Waals surface area contributed by atoms with Gasteiger partial charge in [-0.3, -0.25) is 0 Å². The predicted octanol–water partition coefficient (Wildman–Crippen LogP) is 4.56. The molecule has 1 fully saturated rings. The Morgan fingerprint density at radius 3 is 2.25 bits per heavy atom. The van der Waals surface area contributed by atoms with Crippen LogP contribution in [0.15, 0.2) is 60.7 Å². The van der Waals surface area contributed by atoms with Crippen molar-refractivity contribution in [2.75, 3.05) is 20.3 Å². The molecule has 0 spiro atoms. The molecule has 0 radical (unpaired) electrons. The molecule has 0 aliphatic carbocycles. The zero-order valence-corrected chi connectivity index (χ0v) is 16.8. The maximum atomic E-state index is 12.2. The van der Waals surface area contributed by atoms with Gasteiger partial charge in [0.2, 0.25) is 0 Å². The van der Waals surface area contributed by atoms with Crippen molar-refractivity contribution in [3.05, 3.63) is 71.8 Å². The molecule has 5 heteroatoms. The van der Waals surface area contributed by atoms with E-state index in [0.29, 0.717) is 19.6 Å². The van der Waals surface area contributed by atoms with Gasteiger partial charge >= 0.3 is 6.09 Å². The third-order valence-electron chi connectivity index (χ3n) is 4.79. The van der Waals surface area contributed by atoms with Gasteiger partial charge in [0, 0.05) is 26.7 Å². The first kappa shape index (κ1) is 21.9. The second-order valence-electron chi connectivity index (χ2n) is 6.86. The molecule has 1 heterocycles. The van der Waals surface area contributed by atoms with Gasteiger partial charge in [-0.15, -0.1) is 0 Å². The van der Waals surface area contributed by atoms with Crippen LogP contribution in [0, 0.1) is 0 Å². The summed E-state index contributed by atoms with van der Waals surface area (Å²) in [7, 11) is 1.67. The third-order valence-corrected chi connectivity index (χ3v) is 4.79. The van der Waals surface area contributed by atoms with Crippen LogP contribution in [0.25, 0.3) is 0 Å². The Kier molecular flexibility index (Phi) is 9.52. The average Bonchev–Trinajstić information content (AvgIpc) is 2.74. The second kappa shape index (κ2) is 12.2. The fraction of sp³-hybridized carbons (Fsp3) is 0.435. The molecule has 0 bridgehead atoms. The standard InChI is InChI=1S/C17H25NO4.C6H6/c1-13(15-7-5-14(6-8-15)12-21-2)18-10-9-16(4-3-11-19)22-17(18)20;1-2-4-6-5-3-1/h5-8,13,16,19H,3-4,9-12H2,1-2H3;1-6H. The normalized spacial score (nSPS) is 17.3. The molecular weight excluding hydrogens is 354 g/mol. The molecule has 1 aliphatic heterocycles. The number of hydrogen-bond donors (Lipinski definition) is 1. The molecule has 152 valence electrons. The summed E-state index contributed by atoms with van der Waals surface area (Å²) in [5.41, 5.74) is 2.20. The minimum atomic E-state index is -0.261. The van der Waals surface area contributed by atoms with Gasteiger partial charge in [-0.2, -0.15) is 0 Å². The summed E-state index contributed by atoms with van der Waals surface area (Å²) in [6, 6.07) is 20.1. The van der Waals surface area contributed by atoms with Gasteiger partial charge in [0.25, 0.3) is 0 Å². The number of cyclic esters (lactones) is 1. The topological polar surface area (TPSA) is 59.0 Å². The van der Waals surface area contributed by atoms with Crippen molar-refractivity contribution in [2.45, 2.75) is 44.9 Å². The number of nitrogens with zero attached hydrogens (tertiary/aromatic N) is 1. The minimum Gasteiger partial charge on any atom is -0.446 e. The van der Waals surface area contributed by atoms with Crippen LogP contribution in [0.1, 0.15) is 43.4 Å². The molecule has 2 atom stereocenters. The summed E-state index contributed by atoms with van der Waals surface area (Å²) >= 11 is 0.